The quantitative estimate of drug-likeness (QED) is 0.821. The number of aromatic nitrogens is 2. The minimum absolute atomic E-state index is 0.328. The molecule has 0 bridgehead atoms. The van der Waals surface area contributed by atoms with Crippen molar-refractivity contribution in [1.82, 2.24) is 19.6 Å². The first kappa shape index (κ1) is 16.1. The molecule has 0 spiro atoms. The number of hydrogen-bond acceptors (Lipinski definition) is 4. The Labute approximate surface area is 143 Å². The Hall–Kier alpha value is -1.40. The van der Waals surface area contributed by atoms with Crippen molar-refractivity contribution in [2.24, 2.45) is 11.8 Å². The van der Waals surface area contributed by atoms with Crippen molar-refractivity contribution in [3.63, 3.8) is 0 Å². The van der Waals surface area contributed by atoms with Crippen LogP contribution in [-0.4, -0.2) is 64.4 Å². The third-order valence-corrected chi connectivity index (χ3v) is 5.73. The van der Waals surface area contributed by atoms with Crippen LogP contribution < -0.4 is 0 Å². The first-order valence-electron chi connectivity index (χ1n) is 9.25. The maximum atomic E-state index is 11.9. The van der Waals surface area contributed by atoms with Gasteiger partial charge in [-0.2, -0.15) is 5.10 Å². The molecule has 3 saturated heterocycles. The monoisotopic (exact) mass is 332 g/mol. The van der Waals surface area contributed by atoms with E-state index in [0.29, 0.717) is 29.9 Å². The average molecular weight is 332 g/mol. The van der Waals surface area contributed by atoms with E-state index < -0.39 is 0 Å². The van der Waals surface area contributed by atoms with Crippen molar-refractivity contribution >= 4 is 5.91 Å². The lowest BCUT2D eigenvalue weighted by Crippen LogP contribution is -2.35. The lowest BCUT2D eigenvalue weighted by molar-refractivity contribution is -0.128. The molecule has 4 rings (SSSR count). The van der Waals surface area contributed by atoms with Gasteiger partial charge in [0.05, 0.1) is 18.9 Å². The van der Waals surface area contributed by atoms with Crippen LogP contribution in [0.1, 0.15) is 38.3 Å². The molecule has 4 heterocycles. The van der Waals surface area contributed by atoms with Gasteiger partial charge in [0, 0.05) is 68.8 Å². The van der Waals surface area contributed by atoms with Gasteiger partial charge in [0.25, 0.3) is 0 Å². The Morgan fingerprint density at radius 1 is 1.38 bits per heavy atom. The highest BCUT2D eigenvalue weighted by atomic mass is 16.5. The molecule has 1 aromatic rings. The summed E-state index contributed by atoms with van der Waals surface area (Å²) in [4.78, 5) is 16.4. The van der Waals surface area contributed by atoms with Gasteiger partial charge in [0.1, 0.15) is 0 Å². The molecule has 1 amide bonds. The summed E-state index contributed by atoms with van der Waals surface area (Å²) in [5, 5.41) is 4.44. The van der Waals surface area contributed by atoms with Gasteiger partial charge in [-0.1, -0.05) is 0 Å². The lowest BCUT2D eigenvalue weighted by atomic mass is 9.93. The minimum atomic E-state index is 0.328. The van der Waals surface area contributed by atoms with E-state index in [1.165, 1.54) is 5.56 Å². The molecule has 3 aliphatic heterocycles. The third-order valence-electron chi connectivity index (χ3n) is 5.73. The highest BCUT2D eigenvalue weighted by molar-refractivity contribution is 5.78. The van der Waals surface area contributed by atoms with E-state index in [2.05, 4.69) is 30.0 Å². The molecule has 0 unspecified atom stereocenters. The molecule has 3 aliphatic rings. The Kier molecular flexibility index (Phi) is 4.35. The number of amides is 1. The van der Waals surface area contributed by atoms with E-state index in [9.17, 15) is 4.79 Å². The van der Waals surface area contributed by atoms with Gasteiger partial charge < -0.3 is 9.64 Å². The first-order chi connectivity index (χ1) is 11.6. The van der Waals surface area contributed by atoms with Gasteiger partial charge in [0.15, 0.2) is 0 Å². The molecule has 0 aliphatic carbocycles. The standard InChI is InChI=1S/C18H28N4O2/c1-13(2)22-8-14(6-19-22)7-20-10-16-15(12-24-17(16)11-20)9-21-5-3-4-18(21)23/h6,8,13,15-17H,3-5,7,9-12H2,1-2H3/t15-,16-,17-/m0/s1. The normalized spacial score (nSPS) is 30.7. The Morgan fingerprint density at radius 3 is 2.96 bits per heavy atom. The summed E-state index contributed by atoms with van der Waals surface area (Å²) >= 11 is 0. The first-order valence-corrected chi connectivity index (χ1v) is 9.25. The second-order valence-corrected chi connectivity index (χ2v) is 7.86. The summed E-state index contributed by atoms with van der Waals surface area (Å²) in [7, 11) is 0. The van der Waals surface area contributed by atoms with Gasteiger partial charge in [-0.15, -0.1) is 0 Å². The Morgan fingerprint density at radius 2 is 2.25 bits per heavy atom. The molecule has 0 saturated carbocycles. The molecule has 3 atom stereocenters. The van der Waals surface area contributed by atoms with Crippen LogP contribution in [0, 0.1) is 11.8 Å². The van der Waals surface area contributed by atoms with Gasteiger partial charge in [-0.25, -0.2) is 0 Å². The molecular weight excluding hydrogens is 304 g/mol. The third kappa shape index (κ3) is 3.09. The van der Waals surface area contributed by atoms with E-state index in [-0.39, 0.29) is 0 Å². The van der Waals surface area contributed by atoms with Crippen molar-refractivity contribution < 1.29 is 9.53 Å². The second kappa shape index (κ2) is 6.48. The fourth-order valence-corrected chi connectivity index (χ4v) is 4.38. The van der Waals surface area contributed by atoms with E-state index in [0.717, 1.165) is 52.2 Å². The number of likely N-dealkylation sites (tertiary alicyclic amines) is 2. The summed E-state index contributed by atoms with van der Waals surface area (Å²) in [6.07, 6.45) is 6.22. The number of rotatable bonds is 5. The van der Waals surface area contributed by atoms with Gasteiger partial charge in [0.2, 0.25) is 5.91 Å². The molecule has 24 heavy (non-hydrogen) atoms. The predicted molar refractivity (Wildman–Crippen MR) is 90.4 cm³/mol. The summed E-state index contributed by atoms with van der Waals surface area (Å²) in [6, 6.07) is 0.405. The largest absolute Gasteiger partial charge is 0.376 e. The zero-order valence-electron chi connectivity index (χ0n) is 14.7. The molecule has 0 N–H and O–H groups in total. The smallest absolute Gasteiger partial charge is 0.222 e. The molecular formula is C18H28N4O2. The van der Waals surface area contributed by atoms with E-state index in [1.54, 1.807) is 0 Å². The van der Waals surface area contributed by atoms with Crippen LogP contribution in [0.5, 0.6) is 0 Å². The number of carbonyl (C=O) groups excluding carboxylic acids is 1. The fourth-order valence-electron chi connectivity index (χ4n) is 4.38. The maximum absolute atomic E-state index is 11.9. The highest BCUT2D eigenvalue weighted by Crippen LogP contribution is 2.35. The molecule has 0 radical (unpaired) electrons. The molecule has 3 fully saturated rings. The average Bonchev–Trinajstić information content (AvgIpc) is 3.28. The predicted octanol–water partition coefficient (Wildman–Crippen LogP) is 1.53. The van der Waals surface area contributed by atoms with Crippen molar-refractivity contribution in [1.29, 1.82) is 0 Å². The Balaban J connectivity index is 1.34. The van der Waals surface area contributed by atoms with Crippen LogP contribution in [0.2, 0.25) is 0 Å². The highest BCUT2D eigenvalue weighted by Gasteiger charge is 2.44. The zero-order chi connectivity index (χ0) is 16.7. The molecule has 0 aromatic carbocycles. The number of hydrogen-bond donors (Lipinski definition) is 0. The van der Waals surface area contributed by atoms with Crippen LogP contribution in [0.25, 0.3) is 0 Å². The number of nitrogens with zero attached hydrogens (tertiary/aromatic N) is 4. The van der Waals surface area contributed by atoms with Crippen molar-refractivity contribution in [3.8, 4) is 0 Å². The van der Waals surface area contributed by atoms with Crippen LogP contribution in [-0.2, 0) is 16.1 Å². The number of ether oxygens (including phenoxy) is 1. The van der Waals surface area contributed by atoms with E-state index >= 15 is 0 Å². The Bertz CT molecular complexity index is 600. The van der Waals surface area contributed by atoms with Gasteiger partial charge in [-0.3, -0.25) is 14.4 Å². The summed E-state index contributed by atoms with van der Waals surface area (Å²) in [6.45, 7) is 9.96. The molecule has 132 valence electrons. The van der Waals surface area contributed by atoms with Crippen molar-refractivity contribution in [2.45, 2.75) is 45.4 Å². The maximum Gasteiger partial charge on any atom is 0.222 e. The lowest BCUT2D eigenvalue weighted by Gasteiger charge is -2.24. The van der Waals surface area contributed by atoms with Crippen LogP contribution in [0.3, 0.4) is 0 Å². The summed E-state index contributed by atoms with van der Waals surface area (Å²) in [5.41, 5.74) is 1.27. The second-order valence-electron chi connectivity index (χ2n) is 7.86. The van der Waals surface area contributed by atoms with E-state index in [4.69, 9.17) is 4.74 Å². The topological polar surface area (TPSA) is 50.6 Å². The van der Waals surface area contributed by atoms with Gasteiger partial charge in [-0.05, 0) is 20.3 Å². The molecule has 6 heteroatoms. The molecule has 6 nitrogen and oxygen atoms in total. The SMILES string of the molecule is CC(C)n1cc(CN2C[C@H]3[C@@H](CN4CCCC4=O)CO[C@H]3C2)cn1. The molecule has 1 aromatic heterocycles. The van der Waals surface area contributed by atoms with Crippen molar-refractivity contribution in [3.05, 3.63) is 18.0 Å². The zero-order valence-corrected chi connectivity index (χ0v) is 14.7. The van der Waals surface area contributed by atoms with Crippen LogP contribution in [0.4, 0.5) is 0 Å². The summed E-state index contributed by atoms with van der Waals surface area (Å²) < 4.78 is 8.06. The van der Waals surface area contributed by atoms with Gasteiger partial charge >= 0.3 is 0 Å². The van der Waals surface area contributed by atoms with E-state index in [1.807, 2.05) is 15.8 Å². The minimum Gasteiger partial charge on any atom is -0.376 e. The fraction of sp³-hybridized carbons (Fsp3) is 0.778. The van der Waals surface area contributed by atoms with Crippen LogP contribution in [0.15, 0.2) is 12.4 Å². The number of fused-ring (bicyclic) bond motifs is 1. The summed E-state index contributed by atoms with van der Waals surface area (Å²) in [5.74, 6) is 1.40. The van der Waals surface area contributed by atoms with Crippen molar-refractivity contribution in [2.75, 3.05) is 32.8 Å². The number of carbonyl (C=O) groups is 1. The van der Waals surface area contributed by atoms with Crippen LogP contribution >= 0.6 is 0 Å².